The number of rotatable bonds is 11. The van der Waals surface area contributed by atoms with Crippen LogP contribution in [-0.4, -0.2) is 44.1 Å². The molecule has 7 nitrogen and oxygen atoms in total. The standard InChI is InChI=1S/C32H36N2O5/c1-5-7-8-20-39-26-18-12-22(13-19-26)30(35)28-29(23-10-9-11-27(21-23)38-6-2)34(32(37)31(28)36)25-16-14-24(15-17-25)33(3)4/h9-19,21,29,35H,5-8,20H2,1-4H3/b30-28-. The monoisotopic (exact) mass is 528 g/mol. The molecule has 0 spiro atoms. The molecule has 1 fully saturated rings. The van der Waals surface area contributed by atoms with Crippen molar-refractivity contribution in [2.45, 2.75) is 39.2 Å². The lowest BCUT2D eigenvalue weighted by Crippen LogP contribution is -2.29. The molecule has 0 aliphatic carbocycles. The molecule has 1 amide bonds. The Hall–Kier alpha value is -4.26. The van der Waals surface area contributed by atoms with E-state index in [1.165, 1.54) is 4.90 Å². The highest BCUT2D eigenvalue weighted by molar-refractivity contribution is 6.51. The van der Waals surface area contributed by atoms with Gasteiger partial charge in [0, 0.05) is 31.0 Å². The van der Waals surface area contributed by atoms with E-state index >= 15 is 0 Å². The number of carbonyl (C=O) groups excluding carboxylic acids is 2. The summed E-state index contributed by atoms with van der Waals surface area (Å²) in [5.74, 6) is -0.365. The third kappa shape index (κ3) is 6.08. The van der Waals surface area contributed by atoms with Gasteiger partial charge in [0.25, 0.3) is 11.7 Å². The van der Waals surface area contributed by atoms with Crippen molar-refractivity contribution in [3.8, 4) is 11.5 Å². The molecule has 0 bridgehead atoms. The second kappa shape index (κ2) is 12.5. The minimum absolute atomic E-state index is 0.0296. The molecule has 0 aromatic heterocycles. The minimum Gasteiger partial charge on any atom is -0.507 e. The number of Topliss-reactive ketones (excluding diaryl/α,β-unsaturated/α-hetero) is 1. The van der Waals surface area contributed by atoms with Crippen LogP contribution in [0.3, 0.4) is 0 Å². The largest absolute Gasteiger partial charge is 0.507 e. The molecule has 1 saturated heterocycles. The molecule has 1 unspecified atom stereocenters. The van der Waals surface area contributed by atoms with Crippen molar-refractivity contribution in [1.82, 2.24) is 0 Å². The van der Waals surface area contributed by atoms with Gasteiger partial charge in [0.2, 0.25) is 0 Å². The van der Waals surface area contributed by atoms with E-state index < -0.39 is 17.7 Å². The first-order valence-corrected chi connectivity index (χ1v) is 13.4. The minimum atomic E-state index is -0.833. The average molecular weight is 529 g/mol. The van der Waals surface area contributed by atoms with E-state index in [4.69, 9.17) is 9.47 Å². The summed E-state index contributed by atoms with van der Waals surface area (Å²) in [5, 5.41) is 11.4. The number of anilines is 2. The van der Waals surface area contributed by atoms with Gasteiger partial charge in [0.05, 0.1) is 24.8 Å². The number of benzene rings is 3. The van der Waals surface area contributed by atoms with E-state index in [1.54, 1.807) is 24.3 Å². The normalized spacial score (nSPS) is 16.4. The average Bonchev–Trinajstić information content (AvgIpc) is 3.21. The second-order valence-corrected chi connectivity index (χ2v) is 9.67. The van der Waals surface area contributed by atoms with Gasteiger partial charge in [-0.15, -0.1) is 0 Å². The van der Waals surface area contributed by atoms with Gasteiger partial charge in [-0.3, -0.25) is 14.5 Å². The third-order valence-electron chi connectivity index (χ3n) is 6.72. The first kappa shape index (κ1) is 27.8. The number of amides is 1. The molecule has 0 radical (unpaired) electrons. The van der Waals surface area contributed by atoms with Gasteiger partial charge in [-0.05, 0) is 79.6 Å². The molecular weight excluding hydrogens is 492 g/mol. The molecule has 3 aromatic rings. The van der Waals surface area contributed by atoms with Gasteiger partial charge >= 0.3 is 0 Å². The lowest BCUT2D eigenvalue weighted by Gasteiger charge is -2.26. The van der Waals surface area contributed by atoms with Gasteiger partial charge in [0.15, 0.2) is 0 Å². The van der Waals surface area contributed by atoms with E-state index in [9.17, 15) is 14.7 Å². The number of unbranched alkanes of at least 4 members (excludes halogenated alkanes) is 2. The van der Waals surface area contributed by atoms with Crippen molar-refractivity contribution in [2.75, 3.05) is 37.1 Å². The van der Waals surface area contributed by atoms with Crippen LogP contribution in [0.4, 0.5) is 11.4 Å². The van der Waals surface area contributed by atoms with Crippen molar-refractivity contribution < 1.29 is 24.2 Å². The van der Waals surface area contributed by atoms with Crippen LogP contribution in [-0.2, 0) is 9.59 Å². The van der Waals surface area contributed by atoms with Crippen molar-refractivity contribution in [1.29, 1.82) is 0 Å². The lowest BCUT2D eigenvalue weighted by molar-refractivity contribution is -0.132. The van der Waals surface area contributed by atoms with E-state index in [0.29, 0.717) is 41.5 Å². The highest BCUT2D eigenvalue weighted by Gasteiger charge is 2.47. The number of hydrogen-bond donors (Lipinski definition) is 1. The Balaban J connectivity index is 1.77. The number of aliphatic hydroxyl groups is 1. The van der Waals surface area contributed by atoms with Crippen LogP contribution in [0.5, 0.6) is 11.5 Å². The van der Waals surface area contributed by atoms with Crippen LogP contribution in [0.2, 0.25) is 0 Å². The number of aliphatic hydroxyl groups excluding tert-OH is 1. The Morgan fingerprint density at radius 3 is 2.26 bits per heavy atom. The van der Waals surface area contributed by atoms with Crippen molar-refractivity contribution in [2.24, 2.45) is 0 Å². The fourth-order valence-electron chi connectivity index (χ4n) is 4.67. The molecule has 7 heteroatoms. The predicted molar refractivity (Wildman–Crippen MR) is 155 cm³/mol. The second-order valence-electron chi connectivity index (χ2n) is 9.67. The topological polar surface area (TPSA) is 79.3 Å². The van der Waals surface area contributed by atoms with Gasteiger partial charge in [-0.2, -0.15) is 0 Å². The maximum Gasteiger partial charge on any atom is 0.300 e. The molecule has 1 heterocycles. The maximum atomic E-state index is 13.5. The van der Waals surface area contributed by atoms with E-state index in [2.05, 4.69) is 6.92 Å². The van der Waals surface area contributed by atoms with Crippen LogP contribution in [0.25, 0.3) is 5.76 Å². The summed E-state index contributed by atoms with van der Waals surface area (Å²) in [4.78, 5) is 30.3. The van der Waals surface area contributed by atoms with Crippen molar-refractivity contribution in [3.05, 3.63) is 89.5 Å². The SMILES string of the molecule is CCCCCOc1ccc(/C(O)=C2/C(=O)C(=O)N(c3ccc(N(C)C)cc3)C2c2cccc(OCC)c2)cc1. The Labute approximate surface area is 230 Å². The number of hydrogen-bond acceptors (Lipinski definition) is 6. The van der Waals surface area contributed by atoms with Crippen LogP contribution in [0.1, 0.15) is 50.3 Å². The molecule has 3 aromatic carbocycles. The third-order valence-corrected chi connectivity index (χ3v) is 6.72. The predicted octanol–water partition coefficient (Wildman–Crippen LogP) is 6.35. The number of ketones is 1. The Bertz CT molecular complexity index is 1330. The van der Waals surface area contributed by atoms with Crippen LogP contribution < -0.4 is 19.3 Å². The quantitative estimate of drug-likeness (QED) is 0.135. The summed E-state index contributed by atoms with van der Waals surface area (Å²) < 4.78 is 11.5. The van der Waals surface area contributed by atoms with Gasteiger partial charge < -0.3 is 19.5 Å². The van der Waals surface area contributed by atoms with Crippen molar-refractivity contribution in [3.63, 3.8) is 0 Å². The summed E-state index contributed by atoms with van der Waals surface area (Å²) in [7, 11) is 3.87. The molecule has 0 saturated carbocycles. The molecule has 1 aliphatic rings. The first-order valence-electron chi connectivity index (χ1n) is 13.4. The molecular formula is C32H36N2O5. The summed E-state index contributed by atoms with van der Waals surface area (Å²) in [6.45, 7) is 5.12. The van der Waals surface area contributed by atoms with Gasteiger partial charge in [-0.25, -0.2) is 0 Å². The zero-order valence-corrected chi connectivity index (χ0v) is 23.0. The molecule has 1 atom stereocenters. The molecule has 1 aliphatic heterocycles. The van der Waals surface area contributed by atoms with Crippen LogP contribution >= 0.6 is 0 Å². The van der Waals surface area contributed by atoms with Gasteiger partial charge in [0.1, 0.15) is 17.3 Å². The smallest absolute Gasteiger partial charge is 0.300 e. The van der Waals surface area contributed by atoms with Gasteiger partial charge in [-0.1, -0.05) is 31.9 Å². The van der Waals surface area contributed by atoms with E-state index in [0.717, 1.165) is 24.9 Å². The summed E-state index contributed by atoms with van der Waals surface area (Å²) >= 11 is 0. The number of ether oxygens (including phenoxy) is 2. The van der Waals surface area contributed by atoms with E-state index in [-0.39, 0.29) is 11.3 Å². The first-order chi connectivity index (χ1) is 18.8. The zero-order valence-electron chi connectivity index (χ0n) is 23.0. The van der Waals surface area contributed by atoms with Crippen molar-refractivity contribution >= 4 is 28.8 Å². The summed E-state index contributed by atoms with van der Waals surface area (Å²) in [6, 6.07) is 20.8. The molecule has 39 heavy (non-hydrogen) atoms. The fraction of sp³-hybridized carbons (Fsp3) is 0.312. The molecule has 4 rings (SSSR count). The lowest BCUT2D eigenvalue weighted by atomic mass is 9.95. The Morgan fingerprint density at radius 2 is 1.62 bits per heavy atom. The highest BCUT2D eigenvalue weighted by atomic mass is 16.5. The van der Waals surface area contributed by atoms with Crippen LogP contribution in [0, 0.1) is 0 Å². The Kier molecular flexibility index (Phi) is 8.92. The summed E-state index contributed by atoms with van der Waals surface area (Å²) in [5.41, 5.74) is 2.64. The highest BCUT2D eigenvalue weighted by Crippen LogP contribution is 2.43. The Morgan fingerprint density at radius 1 is 0.897 bits per heavy atom. The molecule has 1 N–H and O–H groups in total. The zero-order chi connectivity index (χ0) is 27.9. The number of nitrogens with zero attached hydrogens (tertiary/aromatic N) is 2. The number of carbonyl (C=O) groups is 2. The fourth-order valence-corrected chi connectivity index (χ4v) is 4.67. The molecule has 204 valence electrons. The summed E-state index contributed by atoms with van der Waals surface area (Å²) in [6.07, 6.45) is 3.18. The van der Waals surface area contributed by atoms with Crippen LogP contribution in [0.15, 0.2) is 78.4 Å². The van der Waals surface area contributed by atoms with E-state index in [1.807, 2.05) is 74.4 Å². The maximum absolute atomic E-state index is 13.5.